The largest absolute Gasteiger partial charge is 0.396 e. The fourth-order valence-corrected chi connectivity index (χ4v) is 2.17. The van der Waals surface area contributed by atoms with Crippen molar-refractivity contribution in [3.05, 3.63) is 37.9 Å². The Morgan fingerprint density at radius 2 is 2.10 bits per heavy atom. The third-order valence-electron chi connectivity index (χ3n) is 3.33. The van der Waals surface area contributed by atoms with Gasteiger partial charge < -0.3 is 10.4 Å². The number of hydrogen-bond acceptors (Lipinski definition) is 4. The number of benzene rings is 1. The van der Waals surface area contributed by atoms with Crippen molar-refractivity contribution in [2.24, 2.45) is 0 Å². The van der Waals surface area contributed by atoms with Gasteiger partial charge in [0, 0.05) is 24.3 Å². The van der Waals surface area contributed by atoms with Crippen LogP contribution >= 0.6 is 23.2 Å². The molecule has 1 atom stereocenters. The highest BCUT2D eigenvalue weighted by molar-refractivity contribution is 6.44. The van der Waals surface area contributed by atoms with Gasteiger partial charge in [-0.05, 0) is 19.8 Å². The van der Waals surface area contributed by atoms with E-state index in [1.165, 1.54) is 0 Å². The summed E-state index contributed by atoms with van der Waals surface area (Å²) in [6.45, 7) is 3.54. The van der Waals surface area contributed by atoms with Crippen molar-refractivity contribution in [3.63, 3.8) is 0 Å². The molecule has 6 nitrogen and oxygen atoms in total. The molecule has 0 aliphatic rings. The molecule has 0 aliphatic carbocycles. The van der Waals surface area contributed by atoms with Gasteiger partial charge in [0.1, 0.15) is 0 Å². The summed E-state index contributed by atoms with van der Waals surface area (Å²) in [5.74, 6) is -0.566. The fraction of sp³-hybridized carbons (Fsp3) is 0.462. The molecule has 1 rings (SSSR count). The number of aliphatic hydroxyl groups is 1. The highest BCUT2D eigenvalue weighted by atomic mass is 35.5. The second kappa shape index (κ2) is 7.06. The van der Waals surface area contributed by atoms with Gasteiger partial charge in [0.25, 0.3) is 11.6 Å². The predicted molar refractivity (Wildman–Crippen MR) is 81.0 cm³/mol. The van der Waals surface area contributed by atoms with Crippen LogP contribution in [-0.2, 0) is 0 Å². The van der Waals surface area contributed by atoms with Crippen LogP contribution < -0.4 is 5.32 Å². The highest BCUT2D eigenvalue weighted by Crippen LogP contribution is 2.31. The van der Waals surface area contributed by atoms with E-state index in [2.05, 4.69) is 5.32 Å². The van der Waals surface area contributed by atoms with E-state index in [-0.39, 0.29) is 27.9 Å². The molecule has 1 unspecified atom stereocenters. The van der Waals surface area contributed by atoms with Crippen LogP contribution in [-0.4, -0.2) is 28.1 Å². The van der Waals surface area contributed by atoms with Crippen molar-refractivity contribution in [2.75, 3.05) is 6.61 Å². The number of non-ortho nitro benzene ring substituents is 1. The number of rotatable bonds is 6. The average molecular weight is 335 g/mol. The van der Waals surface area contributed by atoms with Crippen LogP contribution in [0.2, 0.25) is 10.0 Å². The van der Waals surface area contributed by atoms with Crippen molar-refractivity contribution in [1.82, 2.24) is 5.32 Å². The second-order valence-electron chi connectivity index (χ2n) is 4.89. The maximum atomic E-state index is 12.3. The van der Waals surface area contributed by atoms with Crippen LogP contribution in [0.3, 0.4) is 0 Å². The lowest BCUT2D eigenvalue weighted by Gasteiger charge is -2.29. The molecule has 116 valence electrons. The van der Waals surface area contributed by atoms with E-state index in [9.17, 15) is 14.9 Å². The number of nitrogens with one attached hydrogen (secondary N) is 1. The van der Waals surface area contributed by atoms with Crippen LogP contribution in [0.5, 0.6) is 0 Å². The molecule has 1 aromatic carbocycles. The molecule has 0 aromatic heterocycles. The van der Waals surface area contributed by atoms with Crippen LogP contribution in [0, 0.1) is 10.1 Å². The Balaban J connectivity index is 3.15. The molecule has 0 aliphatic heterocycles. The molecule has 0 spiro atoms. The first-order chi connectivity index (χ1) is 9.74. The summed E-state index contributed by atoms with van der Waals surface area (Å²) in [7, 11) is 0. The van der Waals surface area contributed by atoms with Crippen LogP contribution in [0.1, 0.15) is 37.0 Å². The van der Waals surface area contributed by atoms with Crippen molar-refractivity contribution in [3.8, 4) is 0 Å². The molecule has 0 saturated heterocycles. The minimum atomic E-state index is -0.647. The first-order valence-corrected chi connectivity index (χ1v) is 7.06. The SMILES string of the molecule is CCC(C)(CCO)NC(=O)c1cc([N+](=O)[O-])cc(Cl)c1Cl. The van der Waals surface area contributed by atoms with Crippen LogP contribution in [0.25, 0.3) is 0 Å². The maximum Gasteiger partial charge on any atom is 0.271 e. The van der Waals surface area contributed by atoms with E-state index in [0.29, 0.717) is 12.8 Å². The number of nitro groups is 1. The fourth-order valence-electron chi connectivity index (χ4n) is 1.76. The van der Waals surface area contributed by atoms with E-state index >= 15 is 0 Å². The Morgan fingerprint density at radius 3 is 2.57 bits per heavy atom. The van der Waals surface area contributed by atoms with Gasteiger partial charge in [0.15, 0.2) is 0 Å². The number of nitrogens with zero attached hydrogens (tertiary/aromatic N) is 1. The van der Waals surface area contributed by atoms with Crippen molar-refractivity contribution in [1.29, 1.82) is 0 Å². The van der Waals surface area contributed by atoms with E-state index in [1.54, 1.807) is 6.92 Å². The summed E-state index contributed by atoms with van der Waals surface area (Å²) in [4.78, 5) is 22.5. The lowest BCUT2D eigenvalue weighted by atomic mass is 9.94. The van der Waals surface area contributed by atoms with E-state index in [0.717, 1.165) is 12.1 Å². The average Bonchev–Trinajstić information content (AvgIpc) is 2.41. The number of halogens is 2. The molecule has 0 radical (unpaired) electrons. The molecule has 8 heteroatoms. The third kappa shape index (κ3) is 4.30. The zero-order valence-corrected chi connectivity index (χ0v) is 13.2. The molecule has 2 N–H and O–H groups in total. The second-order valence-corrected chi connectivity index (χ2v) is 5.67. The molecule has 1 aromatic rings. The Kier molecular flexibility index (Phi) is 5.95. The number of nitro benzene ring substituents is 1. The molecule has 21 heavy (non-hydrogen) atoms. The third-order valence-corrected chi connectivity index (χ3v) is 4.13. The van der Waals surface area contributed by atoms with Crippen molar-refractivity contribution in [2.45, 2.75) is 32.2 Å². The van der Waals surface area contributed by atoms with Crippen molar-refractivity contribution >= 4 is 34.8 Å². The van der Waals surface area contributed by atoms with Crippen molar-refractivity contribution < 1.29 is 14.8 Å². The highest BCUT2D eigenvalue weighted by Gasteiger charge is 2.27. The lowest BCUT2D eigenvalue weighted by Crippen LogP contribution is -2.46. The molecular weight excluding hydrogens is 319 g/mol. The van der Waals surface area contributed by atoms with E-state index in [1.807, 2.05) is 6.92 Å². The summed E-state index contributed by atoms with van der Waals surface area (Å²) < 4.78 is 0. The Hall–Kier alpha value is -1.37. The number of hydrogen-bond donors (Lipinski definition) is 2. The standard InChI is InChI=1S/C13H16Cl2N2O4/c1-3-13(2,4-5-18)16-12(19)9-6-8(17(20)21)7-10(14)11(9)15/h6-7,18H,3-5H2,1-2H3,(H,16,19). The topological polar surface area (TPSA) is 92.5 Å². The Morgan fingerprint density at radius 1 is 1.48 bits per heavy atom. The molecule has 0 fully saturated rings. The van der Waals surface area contributed by atoms with Gasteiger partial charge in [0.05, 0.1) is 20.5 Å². The molecule has 0 bridgehead atoms. The van der Waals surface area contributed by atoms with Gasteiger partial charge >= 0.3 is 0 Å². The number of aliphatic hydroxyl groups excluding tert-OH is 1. The molecule has 0 heterocycles. The predicted octanol–water partition coefficient (Wildman–Crippen LogP) is 3.18. The van der Waals surface area contributed by atoms with E-state index < -0.39 is 16.4 Å². The number of amides is 1. The number of carbonyl (C=O) groups is 1. The normalized spacial score (nSPS) is 13.6. The minimum absolute atomic E-state index is 0.0396. The Bertz CT molecular complexity index is 565. The lowest BCUT2D eigenvalue weighted by molar-refractivity contribution is -0.384. The molecule has 1 amide bonds. The zero-order chi connectivity index (χ0) is 16.2. The van der Waals surface area contributed by atoms with E-state index in [4.69, 9.17) is 28.3 Å². The first-order valence-electron chi connectivity index (χ1n) is 6.31. The minimum Gasteiger partial charge on any atom is -0.396 e. The van der Waals surface area contributed by atoms with Crippen LogP contribution in [0.4, 0.5) is 5.69 Å². The smallest absolute Gasteiger partial charge is 0.271 e. The summed E-state index contributed by atoms with van der Waals surface area (Å²) in [5, 5.41) is 22.5. The van der Waals surface area contributed by atoms with Gasteiger partial charge in [-0.3, -0.25) is 14.9 Å². The van der Waals surface area contributed by atoms with Crippen LogP contribution in [0.15, 0.2) is 12.1 Å². The summed E-state index contributed by atoms with van der Waals surface area (Å²) in [6.07, 6.45) is 0.940. The first kappa shape index (κ1) is 17.7. The zero-order valence-electron chi connectivity index (χ0n) is 11.7. The summed E-state index contributed by atoms with van der Waals surface area (Å²) >= 11 is 11.8. The summed E-state index contributed by atoms with van der Waals surface area (Å²) in [5.41, 5.74) is -1.00. The summed E-state index contributed by atoms with van der Waals surface area (Å²) in [6, 6.07) is 2.17. The van der Waals surface area contributed by atoms with Gasteiger partial charge in [-0.15, -0.1) is 0 Å². The number of carbonyl (C=O) groups excluding carboxylic acids is 1. The van der Waals surface area contributed by atoms with Gasteiger partial charge in [-0.2, -0.15) is 0 Å². The van der Waals surface area contributed by atoms with Gasteiger partial charge in [-0.1, -0.05) is 30.1 Å². The van der Waals surface area contributed by atoms with Gasteiger partial charge in [0.2, 0.25) is 0 Å². The van der Waals surface area contributed by atoms with Gasteiger partial charge in [-0.25, -0.2) is 0 Å². The maximum absolute atomic E-state index is 12.3. The quantitative estimate of drug-likeness (QED) is 0.617. The molecule has 0 saturated carbocycles. The Labute approximate surface area is 132 Å². The molecular formula is C13H16Cl2N2O4. The monoisotopic (exact) mass is 334 g/mol.